The summed E-state index contributed by atoms with van der Waals surface area (Å²) in [6.45, 7) is 7.92. The van der Waals surface area contributed by atoms with E-state index in [0.29, 0.717) is 5.57 Å². The van der Waals surface area contributed by atoms with Gasteiger partial charge in [-0.05, 0) is 24.7 Å². The van der Waals surface area contributed by atoms with Gasteiger partial charge < -0.3 is 0 Å². The molecule has 0 aliphatic heterocycles. The van der Waals surface area contributed by atoms with Gasteiger partial charge in [0.2, 0.25) is 0 Å². The topological polar surface area (TPSA) is 40.9 Å². The van der Waals surface area contributed by atoms with Crippen molar-refractivity contribution in [2.75, 3.05) is 0 Å². The minimum Gasteiger partial charge on any atom is -0.293 e. The Morgan fingerprint density at radius 1 is 1.50 bits per heavy atom. The molecular weight excluding hydrogens is 198 g/mol. The lowest BCUT2D eigenvalue weighted by atomic mass is 9.68. The average Bonchev–Trinajstić information content (AvgIpc) is 2.22. The van der Waals surface area contributed by atoms with E-state index in [4.69, 9.17) is 5.26 Å². The zero-order valence-corrected chi connectivity index (χ0v) is 10.8. The minimum atomic E-state index is -0.415. The van der Waals surface area contributed by atoms with E-state index in [-0.39, 0.29) is 11.2 Å². The third-order valence-electron chi connectivity index (χ3n) is 3.85. The Kier molecular flexibility index (Phi) is 3.57. The van der Waals surface area contributed by atoms with Crippen LogP contribution in [0.25, 0.3) is 0 Å². The van der Waals surface area contributed by atoms with Crippen molar-refractivity contribution in [3.63, 3.8) is 0 Å². The average molecular weight is 219 g/mol. The van der Waals surface area contributed by atoms with Gasteiger partial charge >= 0.3 is 0 Å². The van der Waals surface area contributed by atoms with E-state index in [0.717, 1.165) is 19.3 Å². The number of nitrogens with zero attached hydrogens (tertiary/aromatic N) is 1. The maximum atomic E-state index is 12.2. The molecule has 0 amide bonds. The van der Waals surface area contributed by atoms with Gasteiger partial charge in [0.25, 0.3) is 0 Å². The molecule has 0 heterocycles. The van der Waals surface area contributed by atoms with Crippen LogP contribution in [0.1, 0.15) is 53.4 Å². The molecule has 0 bridgehead atoms. The fraction of sp³-hybridized carbons (Fsp3) is 0.714. The number of rotatable bonds is 4. The standard InChI is InChI=1S/C14H21NO/c1-5-13(2,3)12(16)11(10-15)9-14(4)7-6-8-14/h9H,5-8H2,1-4H3/b11-9+. The van der Waals surface area contributed by atoms with Gasteiger partial charge in [-0.3, -0.25) is 4.79 Å². The summed E-state index contributed by atoms with van der Waals surface area (Å²) in [7, 11) is 0. The van der Waals surface area contributed by atoms with Gasteiger partial charge in [0, 0.05) is 5.41 Å². The normalized spacial score (nSPS) is 19.8. The highest BCUT2D eigenvalue weighted by Gasteiger charge is 2.34. The largest absolute Gasteiger partial charge is 0.293 e. The molecule has 16 heavy (non-hydrogen) atoms. The highest BCUT2D eigenvalue weighted by molar-refractivity contribution is 6.02. The third-order valence-corrected chi connectivity index (χ3v) is 3.85. The maximum Gasteiger partial charge on any atom is 0.178 e. The van der Waals surface area contributed by atoms with Gasteiger partial charge in [0.05, 0.1) is 5.57 Å². The Hall–Kier alpha value is -1.10. The lowest BCUT2D eigenvalue weighted by Crippen LogP contribution is -2.28. The number of carbonyl (C=O) groups is 1. The predicted octanol–water partition coefficient (Wildman–Crippen LogP) is 3.63. The quantitative estimate of drug-likeness (QED) is 0.535. The highest BCUT2D eigenvalue weighted by atomic mass is 16.1. The molecule has 1 fully saturated rings. The van der Waals surface area contributed by atoms with Crippen molar-refractivity contribution >= 4 is 5.78 Å². The molecule has 2 nitrogen and oxygen atoms in total. The zero-order chi connectivity index (χ0) is 12.4. The van der Waals surface area contributed by atoms with Crippen molar-refractivity contribution in [3.05, 3.63) is 11.6 Å². The Bertz CT molecular complexity index is 353. The molecule has 0 aromatic rings. The molecule has 0 radical (unpaired) electrons. The summed E-state index contributed by atoms with van der Waals surface area (Å²) >= 11 is 0. The summed E-state index contributed by atoms with van der Waals surface area (Å²) in [6.07, 6.45) is 6.06. The first-order valence-corrected chi connectivity index (χ1v) is 6.02. The van der Waals surface area contributed by atoms with Crippen LogP contribution in [0.4, 0.5) is 0 Å². The van der Waals surface area contributed by atoms with Crippen LogP contribution >= 0.6 is 0 Å². The van der Waals surface area contributed by atoms with Gasteiger partial charge in [-0.25, -0.2) is 0 Å². The number of hydrogen-bond acceptors (Lipinski definition) is 2. The van der Waals surface area contributed by atoms with Crippen LogP contribution < -0.4 is 0 Å². The number of ketones is 1. The molecule has 0 saturated heterocycles. The molecular formula is C14H21NO. The van der Waals surface area contributed by atoms with E-state index in [1.54, 1.807) is 0 Å². The molecule has 88 valence electrons. The van der Waals surface area contributed by atoms with Gasteiger partial charge in [-0.2, -0.15) is 5.26 Å². The van der Waals surface area contributed by atoms with Crippen LogP contribution in [-0.4, -0.2) is 5.78 Å². The SMILES string of the molecule is CCC(C)(C)C(=O)/C(C#N)=C/C1(C)CCC1. The van der Waals surface area contributed by atoms with E-state index in [2.05, 4.69) is 13.0 Å². The van der Waals surface area contributed by atoms with Gasteiger partial charge in [0.15, 0.2) is 5.78 Å². The molecule has 2 heteroatoms. The first-order chi connectivity index (χ1) is 7.34. The predicted molar refractivity (Wildman–Crippen MR) is 64.7 cm³/mol. The smallest absolute Gasteiger partial charge is 0.178 e. The van der Waals surface area contributed by atoms with E-state index < -0.39 is 5.41 Å². The second-order valence-corrected chi connectivity index (χ2v) is 5.74. The molecule has 0 N–H and O–H groups in total. The van der Waals surface area contributed by atoms with Crippen molar-refractivity contribution in [1.29, 1.82) is 5.26 Å². The molecule has 0 spiro atoms. The lowest BCUT2D eigenvalue weighted by molar-refractivity contribution is -0.123. The Morgan fingerprint density at radius 3 is 2.38 bits per heavy atom. The van der Waals surface area contributed by atoms with Crippen LogP contribution in [0.3, 0.4) is 0 Å². The zero-order valence-electron chi connectivity index (χ0n) is 10.8. The molecule has 1 saturated carbocycles. The Balaban J connectivity index is 2.92. The maximum absolute atomic E-state index is 12.2. The van der Waals surface area contributed by atoms with Crippen molar-refractivity contribution in [1.82, 2.24) is 0 Å². The highest BCUT2D eigenvalue weighted by Crippen LogP contribution is 2.42. The van der Waals surface area contributed by atoms with E-state index >= 15 is 0 Å². The second-order valence-electron chi connectivity index (χ2n) is 5.74. The number of carbonyl (C=O) groups excluding carboxylic acids is 1. The molecule has 0 aromatic heterocycles. The molecule has 0 atom stereocenters. The van der Waals surface area contributed by atoms with E-state index in [1.807, 2.05) is 26.8 Å². The fourth-order valence-electron chi connectivity index (χ4n) is 1.90. The fourth-order valence-corrected chi connectivity index (χ4v) is 1.90. The third kappa shape index (κ3) is 2.52. The van der Waals surface area contributed by atoms with Gasteiger partial charge in [0.1, 0.15) is 6.07 Å². The monoisotopic (exact) mass is 219 g/mol. The number of hydrogen-bond donors (Lipinski definition) is 0. The molecule has 0 aromatic carbocycles. The number of nitriles is 1. The van der Waals surface area contributed by atoms with Crippen molar-refractivity contribution in [2.45, 2.75) is 53.4 Å². The van der Waals surface area contributed by atoms with Crippen LogP contribution in [0, 0.1) is 22.2 Å². The van der Waals surface area contributed by atoms with E-state index in [1.165, 1.54) is 6.42 Å². The van der Waals surface area contributed by atoms with Crippen molar-refractivity contribution in [2.24, 2.45) is 10.8 Å². The summed E-state index contributed by atoms with van der Waals surface area (Å²) < 4.78 is 0. The second kappa shape index (κ2) is 4.41. The summed E-state index contributed by atoms with van der Waals surface area (Å²) in [6, 6.07) is 2.08. The van der Waals surface area contributed by atoms with Gasteiger partial charge in [-0.15, -0.1) is 0 Å². The molecule has 0 unspecified atom stereocenters. The first-order valence-electron chi connectivity index (χ1n) is 6.02. The molecule has 1 aliphatic carbocycles. The van der Waals surface area contributed by atoms with Crippen LogP contribution in [-0.2, 0) is 4.79 Å². The first kappa shape index (κ1) is 13.0. The van der Waals surface area contributed by atoms with Crippen LogP contribution in [0.5, 0.6) is 0 Å². The van der Waals surface area contributed by atoms with Crippen LogP contribution in [0.15, 0.2) is 11.6 Å². The van der Waals surface area contributed by atoms with Crippen LogP contribution in [0.2, 0.25) is 0 Å². The van der Waals surface area contributed by atoms with Crippen molar-refractivity contribution in [3.8, 4) is 6.07 Å². The number of Topliss-reactive ketones (excluding diaryl/α,β-unsaturated/α-hetero) is 1. The Morgan fingerprint density at radius 2 is 2.06 bits per heavy atom. The number of allylic oxidation sites excluding steroid dienone is 2. The van der Waals surface area contributed by atoms with Crippen molar-refractivity contribution < 1.29 is 4.79 Å². The lowest BCUT2D eigenvalue weighted by Gasteiger charge is -2.36. The minimum absolute atomic E-state index is 0.00868. The Labute approximate surface area is 98.3 Å². The summed E-state index contributed by atoms with van der Waals surface area (Å²) in [5.74, 6) is -0.00868. The summed E-state index contributed by atoms with van der Waals surface area (Å²) in [5, 5.41) is 9.10. The van der Waals surface area contributed by atoms with Gasteiger partial charge in [-0.1, -0.05) is 40.2 Å². The summed E-state index contributed by atoms with van der Waals surface area (Å²) in [4.78, 5) is 12.2. The molecule has 1 aliphatic rings. The summed E-state index contributed by atoms with van der Waals surface area (Å²) in [5.41, 5.74) is 0.0284. The molecule has 1 rings (SSSR count). The van der Waals surface area contributed by atoms with E-state index in [9.17, 15) is 4.79 Å².